The number of halogens is 2. The summed E-state index contributed by atoms with van der Waals surface area (Å²) in [6.45, 7) is 0.379. The maximum Gasteiger partial charge on any atom is 0.326 e. The minimum Gasteiger partial charge on any atom is -0.493 e. The Bertz CT molecular complexity index is 1450. The summed E-state index contributed by atoms with van der Waals surface area (Å²) in [4.78, 5) is 25.6. The number of aromatic hydroxyl groups is 1. The molecule has 31 heavy (non-hydrogen) atoms. The van der Waals surface area contributed by atoms with Crippen LogP contribution in [0.4, 0.5) is 5.82 Å². The van der Waals surface area contributed by atoms with Gasteiger partial charge < -0.3 is 15.4 Å². The first-order valence-corrected chi connectivity index (χ1v) is 10.4. The molecule has 0 atom stereocenters. The molecule has 0 bridgehead atoms. The van der Waals surface area contributed by atoms with Crippen molar-refractivity contribution in [3.63, 3.8) is 0 Å². The van der Waals surface area contributed by atoms with Gasteiger partial charge in [-0.15, -0.1) is 0 Å². The van der Waals surface area contributed by atoms with Crippen molar-refractivity contribution in [2.45, 2.75) is 25.4 Å². The molecule has 1 aromatic carbocycles. The zero-order valence-corrected chi connectivity index (χ0v) is 17.6. The summed E-state index contributed by atoms with van der Waals surface area (Å²) in [6.07, 6.45) is 5.28. The normalized spacial score (nSPS) is 15.2. The van der Waals surface area contributed by atoms with Crippen LogP contribution in [-0.2, 0) is 6.54 Å². The molecule has 0 amide bonds. The van der Waals surface area contributed by atoms with Gasteiger partial charge in [-0.25, -0.2) is 9.78 Å². The summed E-state index contributed by atoms with van der Waals surface area (Å²) in [5.41, 5.74) is 1.69. The van der Waals surface area contributed by atoms with Crippen LogP contribution in [0.2, 0.25) is 10.0 Å². The fourth-order valence-electron chi connectivity index (χ4n) is 3.17. The highest BCUT2D eigenvalue weighted by Gasteiger charge is 2.20. The van der Waals surface area contributed by atoms with E-state index in [2.05, 4.69) is 25.4 Å². The van der Waals surface area contributed by atoms with Gasteiger partial charge in [-0.05, 0) is 31.1 Å². The number of H-pyrrole nitrogens is 2. The number of aromatic nitrogens is 5. The molecule has 1 aliphatic carbocycles. The van der Waals surface area contributed by atoms with Crippen LogP contribution in [0, 0.1) is 0 Å². The van der Waals surface area contributed by atoms with Gasteiger partial charge in [0.2, 0.25) is 5.88 Å². The predicted molar refractivity (Wildman–Crippen MR) is 117 cm³/mol. The molecular weight excluding hydrogens is 441 g/mol. The van der Waals surface area contributed by atoms with Gasteiger partial charge in [0, 0.05) is 33.4 Å². The van der Waals surface area contributed by atoms with Crippen molar-refractivity contribution < 1.29 is 5.11 Å². The second-order valence-corrected chi connectivity index (χ2v) is 8.05. The largest absolute Gasteiger partial charge is 0.493 e. The Hall–Kier alpha value is -3.30. The SMILES string of the molecule is O=c1[nH]c(O)c(C=c2cnn3c(=NC4CC4)cc(NCc4c(Cl)cccc4Cl)nc23)[nH]1. The molecule has 1 aliphatic rings. The Morgan fingerprint density at radius 2 is 2.06 bits per heavy atom. The number of anilines is 1. The molecule has 1 fully saturated rings. The van der Waals surface area contributed by atoms with Gasteiger partial charge in [-0.2, -0.15) is 9.61 Å². The summed E-state index contributed by atoms with van der Waals surface area (Å²) in [5.74, 6) is 0.319. The van der Waals surface area contributed by atoms with Crippen LogP contribution in [0.1, 0.15) is 24.1 Å². The summed E-state index contributed by atoms with van der Waals surface area (Å²) in [6, 6.07) is 7.45. The Morgan fingerprint density at radius 3 is 2.74 bits per heavy atom. The second-order valence-electron chi connectivity index (χ2n) is 7.23. The summed E-state index contributed by atoms with van der Waals surface area (Å²) < 4.78 is 1.64. The number of benzene rings is 1. The fourth-order valence-corrected chi connectivity index (χ4v) is 3.70. The average molecular weight is 458 g/mol. The predicted octanol–water partition coefficient (Wildman–Crippen LogP) is 1.98. The average Bonchev–Trinajstić information content (AvgIpc) is 3.36. The van der Waals surface area contributed by atoms with E-state index in [0.29, 0.717) is 38.8 Å². The molecule has 5 rings (SSSR count). The monoisotopic (exact) mass is 457 g/mol. The second kappa shape index (κ2) is 7.75. The van der Waals surface area contributed by atoms with E-state index in [1.807, 2.05) is 6.07 Å². The highest BCUT2D eigenvalue weighted by molar-refractivity contribution is 6.36. The molecular formula is C20H17Cl2N7O2. The van der Waals surface area contributed by atoms with Gasteiger partial charge in [-0.1, -0.05) is 29.3 Å². The van der Waals surface area contributed by atoms with Crippen LogP contribution in [0.5, 0.6) is 5.88 Å². The molecule has 11 heteroatoms. The molecule has 4 aromatic rings. The Kier molecular flexibility index (Phi) is 4.91. The maximum absolute atomic E-state index is 11.4. The van der Waals surface area contributed by atoms with E-state index in [4.69, 9.17) is 28.2 Å². The van der Waals surface area contributed by atoms with Crippen molar-refractivity contribution in [1.82, 2.24) is 24.6 Å². The highest BCUT2D eigenvalue weighted by atomic mass is 35.5. The highest BCUT2D eigenvalue weighted by Crippen LogP contribution is 2.25. The van der Waals surface area contributed by atoms with Crippen molar-refractivity contribution in [3.8, 4) is 5.88 Å². The summed E-state index contributed by atoms with van der Waals surface area (Å²) >= 11 is 12.6. The first kappa shape index (κ1) is 19.7. The van der Waals surface area contributed by atoms with Gasteiger partial charge in [0.05, 0.1) is 12.2 Å². The minimum atomic E-state index is -0.503. The van der Waals surface area contributed by atoms with Crippen molar-refractivity contribution in [3.05, 3.63) is 73.0 Å². The van der Waals surface area contributed by atoms with Gasteiger partial charge in [0.1, 0.15) is 11.5 Å². The number of aromatic amines is 2. The number of rotatable bonds is 5. The molecule has 158 valence electrons. The Balaban J connectivity index is 1.60. The molecule has 1 saturated carbocycles. The van der Waals surface area contributed by atoms with Crippen LogP contribution in [-0.4, -0.2) is 35.7 Å². The number of nitrogens with zero attached hydrogens (tertiary/aromatic N) is 4. The number of fused-ring (bicyclic) bond motifs is 1. The van der Waals surface area contributed by atoms with E-state index in [-0.39, 0.29) is 17.6 Å². The molecule has 9 nitrogen and oxygen atoms in total. The lowest BCUT2D eigenvalue weighted by atomic mass is 10.2. The van der Waals surface area contributed by atoms with E-state index in [9.17, 15) is 9.90 Å². The standard InChI is InChI=1S/C20H17Cl2N7O2/c21-13-2-1-3-14(22)12(13)9-23-16-7-17(25-11-4-5-11)29-18(27-16)10(8-24-29)6-15-19(30)28-20(31)26-15/h1-3,6-8,11,23,30H,4-5,9H2,(H2,26,28,31). The summed E-state index contributed by atoms with van der Waals surface area (Å²) in [5, 5.41) is 19.3. The third kappa shape index (κ3) is 4.01. The minimum absolute atomic E-state index is 0.239. The summed E-state index contributed by atoms with van der Waals surface area (Å²) in [7, 11) is 0. The van der Waals surface area contributed by atoms with E-state index in [0.717, 1.165) is 18.4 Å². The molecule has 0 saturated heterocycles. The zero-order valence-electron chi connectivity index (χ0n) is 16.1. The van der Waals surface area contributed by atoms with Crippen LogP contribution in [0.25, 0.3) is 11.7 Å². The topological polar surface area (TPSA) is 123 Å². The molecule has 0 radical (unpaired) electrons. The van der Waals surface area contributed by atoms with Crippen LogP contribution >= 0.6 is 23.2 Å². The lowest BCUT2D eigenvalue weighted by molar-refractivity contribution is 0.454. The third-order valence-electron chi connectivity index (χ3n) is 4.89. The van der Waals surface area contributed by atoms with Crippen LogP contribution < -0.4 is 21.7 Å². The quantitative estimate of drug-likeness (QED) is 0.364. The van der Waals surface area contributed by atoms with Crippen molar-refractivity contribution in [2.75, 3.05) is 5.32 Å². The van der Waals surface area contributed by atoms with Gasteiger partial charge in [0.25, 0.3) is 0 Å². The smallest absolute Gasteiger partial charge is 0.326 e. The first-order valence-electron chi connectivity index (χ1n) is 9.60. The van der Waals surface area contributed by atoms with E-state index in [1.165, 1.54) is 0 Å². The lowest BCUT2D eigenvalue weighted by Crippen LogP contribution is -2.20. The van der Waals surface area contributed by atoms with Crippen molar-refractivity contribution >= 4 is 40.7 Å². The van der Waals surface area contributed by atoms with Gasteiger partial charge >= 0.3 is 5.69 Å². The lowest BCUT2D eigenvalue weighted by Gasteiger charge is -2.09. The Labute approximate surface area is 185 Å². The number of hydrogen-bond acceptors (Lipinski definition) is 6. The molecule has 3 heterocycles. The van der Waals surface area contributed by atoms with Crippen LogP contribution in [0.3, 0.4) is 0 Å². The first-order chi connectivity index (χ1) is 15.0. The van der Waals surface area contributed by atoms with E-state index in [1.54, 1.807) is 35.0 Å². The molecule has 4 N–H and O–H groups in total. The van der Waals surface area contributed by atoms with Crippen LogP contribution in [0.15, 0.2) is 40.2 Å². The van der Waals surface area contributed by atoms with E-state index < -0.39 is 5.69 Å². The third-order valence-corrected chi connectivity index (χ3v) is 5.59. The molecule has 0 unspecified atom stereocenters. The number of imidazole rings is 1. The van der Waals surface area contributed by atoms with E-state index >= 15 is 0 Å². The fraction of sp³-hybridized carbons (Fsp3) is 0.200. The number of hydrogen-bond donors (Lipinski definition) is 4. The van der Waals surface area contributed by atoms with Gasteiger partial charge in [0.15, 0.2) is 11.1 Å². The molecule has 3 aromatic heterocycles. The van der Waals surface area contributed by atoms with Crippen molar-refractivity contribution in [1.29, 1.82) is 0 Å². The molecule has 0 spiro atoms. The van der Waals surface area contributed by atoms with Crippen molar-refractivity contribution in [2.24, 2.45) is 4.99 Å². The Morgan fingerprint density at radius 1 is 1.29 bits per heavy atom. The zero-order chi connectivity index (χ0) is 21.5. The number of nitrogens with one attached hydrogen (secondary N) is 3. The molecule has 0 aliphatic heterocycles. The maximum atomic E-state index is 11.4. The van der Waals surface area contributed by atoms with Gasteiger partial charge in [-0.3, -0.25) is 9.98 Å².